The van der Waals surface area contributed by atoms with Crippen LogP contribution in [0.3, 0.4) is 0 Å². The Hall–Kier alpha value is -1.88. The lowest BCUT2D eigenvalue weighted by molar-refractivity contribution is -0.128. The predicted molar refractivity (Wildman–Crippen MR) is 70.3 cm³/mol. The summed E-state index contributed by atoms with van der Waals surface area (Å²) in [7, 11) is 0. The first-order chi connectivity index (χ1) is 8.99. The van der Waals surface area contributed by atoms with Gasteiger partial charge in [0.2, 0.25) is 11.8 Å². The van der Waals surface area contributed by atoms with Gasteiger partial charge in [0.05, 0.1) is 12.1 Å². The van der Waals surface area contributed by atoms with Crippen LogP contribution in [0.1, 0.15) is 31.0 Å². The fourth-order valence-electron chi connectivity index (χ4n) is 2.40. The molecule has 1 aliphatic carbocycles. The summed E-state index contributed by atoms with van der Waals surface area (Å²) >= 11 is 0. The first-order valence-corrected chi connectivity index (χ1v) is 6.32. The minimum atomic E-state index is -0.620. The molecular weight excluding hydrogens is 244 g/mol. The number of nitrogens with one attached hydrogen (secondary N) is 2. The van der Waals surface area contributed by atoms with Crippen molar-refractivity contribution in [1.82, 2.24) is 10.6 Å². The number of amides is 2. The maximum Gasteiger partial charge on any atom is 0.242 e. The van der Waals surface area contributed by atoms with E-state index in [0.717, 1.165) is 11.1 Å². The third kappa shape index (κ3) is 2.93. The van der Waals surface area contributed by atoms with E-state index < -0.39 is 18.2 Å². The van der Waals surface area contributed by atoms with Crippen molar-refractivity contribution in [3.8, 4) is 0 Å². The lowest BCUT2D eigenvalue weighted by Gasteiger charge is -2.21. The quantitative estimate of drug-likeness (QED) is 0.732. The van der Waals surface area contributed by atoms with Crippen molar-refractivity contribution in [2.24, 2.45) is 0 Å². The zero-order chi connectivity index (χ0) is 14.0. The summed E-state index contributed by atoms with van der Waals surface area (Å²) < 4.78 is 0. The second-order valence-corrected chi connectivity index (χ2v) is 4.88. The molecule has 0 radical (unpaired) electrons. The van der Waals surface area contributed by atoms with Gasteiger partial charge in [0.15, 0.2) is 0 Å². The highest BCUT2D eigenvalue weighted by Crippen LogP contribution is 2.31. The zero-order valence-corrected chi connectivity index (χ0v) is 11.0. The van der Waals surface area contributed by atoms with E-state index in [1.54, 1.807) is 6.92 Å². The normalized spacial score (nSPS) is 22.5. The number of carbonyl (C=O) groups is 2. The Labute approximate surface area is 112 Å². The maximum atomic E-state index is 12.0. The Morgan fingerprint density at radius 2 is 2.05 bits per heavy atom. The van der Waals surface area contributed by atoms with Crippen LogP contribution in [0.4, 0.5) is 0 Å². The number of aliphatic hydroxyl groups is 1. The van der Waals surface area contributed by atoms with Gasteiger partial charge in [-0.25, -0.2) is 0 Å². The highest BCUT2D eigenvalue weighted by atomic mass is 16.3. The van der Waals surface area contributed by atoms with Crippen molar-refractivity contribution < 1.29 is 14.7 Å². The van der Waals surface area contributed by atoms with E-state index in [0.29, 0.717) is 6.42 Å². The van der Waals surface area contributed by atoms with Crippen molar-refractivity contribution in [2.45, 2.75) is 38.5 Å². The molecule has 1 aromatic rings. The smallest absolute Gasteiger partial charge is 0.242 e. The van der Waals surface area contributed by atoms with Gasteiger partial charge in [0, 0.05) is 13.3 Å². The van der Waals surface area contributed by atoms with E-state index in [1.807, 2.05) is 24.3 Å². The third-order valence-electron chi connectivity index (χ3n) is 3.31. The molecule has 5 nitrogen and oxygen atoms in total. The van der Waals surface area contributed by atoms with Crippen LogP contribution < -0.4 is 10.6 Å². The Kier molecular flexibility index (Phi) is 3.85. The topological polar surface area (TPSA) is 78.4 Å². The molecule has 0 spiro atoms. The Morgan fingerprint density at radius 3 is 2.74 bits per heavy atom. The molecule has 2 amide bonds. The van der Waals surface area contributed by atoms with E-state index in [4.69, 9.17) is 0 Å². The molecule has 2 rings (SSSR count). The van der Waals surface area contributed by atoms with Crippen LogP contribution >= 0.6 is 0 Å². The van der Waals surface area contributed by atoms with Gasteiger partial charge in [-0.1, -0.05) is 24.3 Å². The van der Waals surface area contributed by atoms with Crippen LogP contribution in [0.5, 0.6) is 0 Å². The maximum absolute atomic E-state index is 12.0. The summed E-state index contributed by atoms with van der Waals surface area (Å²) in [5, 5.41) is 15.3. The number of fused-ring (bicyclic) bond motifs is 1. The SMILES string of the molecule is CC(=O)NC(C)C(=O)N[C@@H]1c2ccccc2C[C@@H]1O. The minimum Gasteiger partial charge on any atom is -0.390 e. The molecule has 1 aliphatic rings. The van der Waals surface area contributed by atoms with E-state index in [-0.39, 0.29) is 11.8 Å². The molecule has 3 N–H and O–H groups in total. The number of aliphatic hydroxyl groups excluding tert-OH is 1. The minimum absolute atomic E-state index is 0.255. The standard InChI is InChI=1S/C14H18N2O3/c1-8(15-9(2)17)14(19)16-13-11-6-4-3-5-10(11)7-12(13)18/h3-6,8,12-13,18H,7H2,1-2H3,(H,15,17)(H,16,19)/t8?,12-,13+/m0/s1. The van der Waals surface area contributed by atoms with E-state index in [1.165, 1.54) is 6.92 Å². The van der Waals surface area contributed by atoms with Gasteiger partial charge in [-0.2, -0.15) is 0 Å². The van der Waals surface area contributed by atoms with Gasteiger partial charge in [0.1, 0.15) is 6.04 Å². The van der Waals surface area contributed by atoms with Gasteiger partial charge < -0.3 is 15.7 Å². The number of carbonyl (C=O) groups excluding carboxylic acids is 2. The third-order valence-corrected chi connectivity index (χ3v) is 3.31. The van der Waals surface area contributed by atoms with Crippen LogP contribution in [-0.2, 0) is 16.0 Å². The predicted octanol–water partition coefficient (Wildman–Crippen LogP) is 0.285. The molecule has 0 aromatic heterocycles. The molecule has 0 saturated heterocycles. The average molecular weight is 262 g/mol. The molecule has 19 heavy (non-hydrogen) atoms. The second-order valence-electron chi connectivity index (χ2n) is 4.88. The Bertz CT molecular complexity index is 501. The second kappa shape index (κ2) is 5.40. The summed E-state index contributed by atoms with van der Waals surface area (Å²) in [6, 6.07) is 6.63. The number of rotatable bonds is 3. The summed E-state index contributed by atoms with van der Waals surface area (Å²) in [5.41, 5.74) is 1.99. The Balaban J connectivity index is 2.07. The Morgan fingerprint density at radius 1 is 1.37 bits per heavy atom. The van der Waals surface area contributed by atoms with Crippen LogP contribution in [0.25, 0.3) is 0 Å². The molecule has 3 atom stereocenters. The molecule has 102 valence electrons. The summed E-state index contributed by atoms with van der Waals surface area (Å²) in [4.78, 5) is 22.9. The zero-order valence-electron chi connectivity index (χ0n) is 11.0. The molecule has 0 aliphatic heterocycles. The molecule has 5 heteroatoms. The van der Waals surface area contributed by atoms with Crippen molar-refractivity contribution in [3.63, 3.8) is 0 Å². The lowest BCUT2D eigenvalue weighted by Crippen LogP contribution is -2.46. The molecule has 1 aromatic carbocycles. The van der Waals surface area contributed by atoms with E-state index in [2.05, 4.69) is 10.6 Å². The number of hydrogen-bond donors (Lipinski definition) is 3. The molecule has 0 heterocycles. The van der Waals surface area contributed by atoms with Gasteiger partial charge in [-0.3, -0.25) is 9.59 Å². The first kappa shape index (κ1) is 13.5. The summed E-state index contributed by atoms with van der Waals surface area (Å²) in [6.45, 7) is 2.98. The van der Waals surface area contributed by atoms with Gasteiger partial charge in [-0.15, -0.1) is 0 Å². The highest BCUT2D eigenvalue weighted by Gasteiger charge is 2.32. The van der Waals surface area contributed by atoms with Gasteiger partial charge in [0.25, 0.3) is 0 Å². The van der Waals surface area contributed by atoms with Crippen LogP contribution in [0.2, 0.25) is 0 Å². The molecular formula is C14H18N2O3. The van der Waals surface area contributed by atoms with Crippen molar-refractivity contribution >= 4 is 11.8 Å². The first-order valence-electron chi connectivity index (χ1n) is 6.32. The summed E-state index contributed by atoms with van der Waals surface area (Å²) in [5.74, 6) is -0.550. The van der Waals surface area contributed by atoms with E-state index in [9.17, 15) is 14.7 Å². The van der Waals surface area contributed by atoms with Crippen LogP contribution in [-0.4, -0.2) is 29.1 Å². The average Bonchev–Trinajstić information content (AvgIpc) is 2.65. The number of hydrogen-bond acceptors (Lipinski definition) is 3. The van der Waals surface area contributed by atoms with Crippen LogP contribution in [0, 0.1) is 0 Å². The van der Waals surface area contributed by atoms with Crippen molar-refractivity contribution in [2.75, 3.05) is 0 Å². The monoisotopic (exact) mass is 262 g/mol. The largest absolute Gasteiger partial charge is 0.390 e. The van der Waals surface area contributed by atoms with Crippen molar-refractivity contribution in [1.29, 1.82) is 0 Å². The molecule has 0 bridgehead atoms. The van der Waals surface area contributed by atoms with Gasteiger partial charge >= 0.3 is 0 Å². The van der Waals surface area contributed by atoms with Crippen LogP contribution in [0.15, 0.2) is 24.3 Å². The molecule has 1 unspecified atom stereocenters. The molecule has 0 saturated carbocycles. The summed E-state index contributed by atoms with van der Waals surface area (Å²) in [6.07, 6.45) is -0.0822. The van der Waals surface area contributed by atoms with Crippen molar-refractivity contribution in [3.05, 3.63) is 35.4 Å². The highest BCUT2D eigenvalue weighted by molar-refractivity contribution is 5.86. The molecule has 0 fully saturated rings. The number of benzene rings is 1. The fraction of sp³-hybridized carbons (Fsp3) is 0.429. The fourth-order valence-corrected chi connectivity index (χ4v) is 2.40. The van der Waals surface area contributed by atoms with Gasteiger partial charge in [-0.05, 0) is 18.1 Å². The lowest BCUT2D eigenvalue weighted by atomic mass is 10.1. The van der Waals surface area contributed by atoms with E-state index >= 15 is 0 Å².